The van der Waals surface area contributed by atoms with E-state index in [-0.39, 0.29) is 5.41 Å². The van der Waals surface area contributed by atoms with Gasteiger partial charge in [0.1, 0.15) is 0 Å². The minimum absolute atomic E-state index is 0.272. The van der Waals surface area contributed by atoms with Crippen LogP contribution in [0.2, 0.25) is 0 Å². The molecule has 10 aromatic carbocycles. The summed E-state index contributed by atoms with van der Waals surface area (Å²) >= 11 is 0. The molecule has 10 aromatic rings. The fourth-order valence-corrected chi connectivity index (χ4v) is 12.4. The first-order valence-corrected chi connectivity index (χ1v) is 39.6. The van der Waals surface area contributed by atoms with Crippen molar-refractivity contribution in [2.45, 2.75) is 261 Å². The molecule has 0 nitrogen and oxygen atoms in total. The molecule has 0 heterocycles. The van der Waals surface area contributed by atoms with Crippen LogP contribution in [-0.2, 0) is 11.8 Å². The third-order valence-electron chi connectivity index (χ3n) is 21.5. The Kier molecular flexibility index (Phi) is 38.6. The highest BCUT2D eigenvalue weighted by Crippen LogP contribution is 2.34. The van der Waals surface area contributed by atoms with Gasteiger partial charge in [0.2, 0.25) is 0 Å². The highest BCUT2D eigenvalue weighted by molar-refractivity contribution is 5.83. The average molecular weight is 1360 g/mol. The van der Waals surface area contributed by atoms with Crippen molar-refractivity contribution in [3.63, 3.8) is 0 Å². The normalized spacial score (nSPS) is 14.0. The zero-order chi connectivity index (χ0) is 74.2. The SMILES string of the molecule is C=CCc1ccc(C(C)CC)cc1.CCC(C)c1ccc(-c2ccccc2)cc1.CCC(C)c1ccc(/C=C/c2ccccc2)cc1.CCC(C)c1ccc(C(C)(C)C)cc1.CCC(C)c1ccc(C)cc1.CCC(C)c1ccc(C2CCCCC2)cc1.CCC(C)c1ccc2ccccc2c1. The fourth-order valence-electron chi connectivity index (χ4n) is 12.4. The zero-order valence-corrected chi connectivity index (χ0v) is 66.9. The summed E-state index contributed by atoms with van der Waals surface area (Å²) in [5.41, 5.74) is 21.2. The second kappa shape index (κ2) is 46.5. The number of hydrogen-bond acceptors (Lipinski definition) is 0. The van der Waals surface area contributed by atoms with Gasteiger partial charge in [0.25, 0.3) is 0 Å². The van der Waals surface area contributed by atoms with Crippen molar-refractivity contribution < 1.29 is 0 Å². The first-order valence-electron chi connectivity index (χ1n) is 39.6. The minimum atomic E-state index is 0.272. The van der Waals surface area contributed by atoms with Crippen molar-refractivity contribution in [2.24, 2.45) is 0 Å². The van der Waals surface area contributed by atoms with Gasteiger partial charge in [0, 0.05) is 0 Å². The van der Waals surface area contributed by atoms with Crippen LogP contribution in [0.5, 0.6) is 0 Å². The molecule has 0 radical (unpaired) electrons. The maximum atomic E-state index is 3.73. The van der Waals surface area contributed by atoms with Gasteiger partial charge in [-0.25, -0.2) is 0 Å². The van der Waals surface area contributed by atoms with Gasteiger partial charge in [0.15, 0.2) is 0 Å². The van der Waals surface area contributed by atoms with Gasteiger partial charge in [-0.3, -0.25) is 0 Å². The Labute approximate surface area is 624 Å². The lowest BCUT2D eigenvalue weighted by atomic mass is 9.83. The molecule has 0 N–H and O–H groups in total. The number of hydrogen-bond donors (Lipinski definition) is 0. The van der Waals surface area contributed by atoms with Crippen LogP contribution in [-0.4, -0.2) is 0 Å². The molecule has 7 unspecified atom stereocenters. The van der Waals surface area contributed by atoms with E-state index in [1.807, 2.05) is 12.1 Å². The summed E-state index contributed by atoms with van der Waals surface area (Å²) in [6.07, 6.45) is 22.8. The Bertz CT molecular complexity index is 3810. The maximum Gasteiger partial charge on any atom is -0.0100 e. The highest BCUT2D eigenvalue weighted by atomic mass is 14.2. The van der Waals surface area contributed by atoms with E-state index < -0.39 is 0 Å². The molecule has 11 rings (SSSR count). The van der Waals surface area contributed by atoms with Crippen LogP contribution in [0.15, 0.2) is 261 Å². The third kappa shape index (κ3) is 29.7. The van der Waals surface area contributed by atoms with Gasteiger partial charge >= 0.3 is 0 Å². The van der Waals surface area contributed by atoms with Crippen LogP contribution >= 0.6 is 0 Å². The molecule has 0 amide bonds. The summed E-state index contributed by atoms with van der Waals surface area (Å²) in [7, 11) is 0. The van der Waals surface area contributed by atoms with Crippen molar-refractivity contribution >= 4 is 22.9 Å². The van der Waals surface area contributed by atoms with Crippen LogP contribution in [0.25, 0.3) is 34.1 Å². The molecular weight excluding hydrogens is 1230 g/mol. The first-order chi connectivity index (χ1) is 49.2. The van der Waals surface area contributed by atoms with Crippen LogP contribution in [0.3, 0.4) is 0 Å². The van der Waals surface area contributed by atoms with E-state index in [0.717, 1.165) is 12.3 Å². The Morgan fingerprint density at radius 1 is 0.343 bits per heavy atom. The van der Waals surface area contributed by atoms with E-state index in [0.29, 0.717) is 41.4 Å². The molecule has 1 saturated carbocycles. The molecule has 7 atom stereocenters. The number of benzene rings is 10. The van der Waals surface area contributed by atoms with Crippen LogP contribution in [0.1, 0.15) is 314 Å². The predicted molar refractivity (Wildman–Crippen MR) is 458 cm³/mol. The molecular formula is C102H134. The molecule has 0 spiro atoms. The minimum Gasteiger partial charge on any atom is -0.103 e. The van der Waals surface area contributed by atoms with E-state index in [9.17, 15) is 0 Å². The van der Waals surface area contributed by atoms with Gasteiger partial charge in [-0.1, -0.05) is 409 Å². The maximum absolute atomic E-state index is 3.73. The van der Waals surface area contributed by atoms with Gasteiger partial charge in [-0.15, -0.1) is 6.58 Å². The van der Waals surface area contributed by atoms with E-state index >= 15 is 0 Å². The highest BCUT2D eigenvalue weighted by Gasteiger charge is 2.17. The molecule has 0 saturated heterocycles. The molecule has 0 bridgehead atoms. The predicted octanol–water partition coefficient (Wildman–Crippen LogP) is 31.8. The summed E-state index contributed by atoms with van der Waals surface area (Å²) in [6, 6.07) is 90.2. The largest absolute Gasteiger partial charge is 0.103 e. The molecule has 1 aliphatic carbocycles. The lowest BCUT2D eigenvalue weighted by Crippen LogP contribution is -2.10. The topological polar surface area (TPSA) is 0 Å². The Morgan fingerprint density at radius 3 is 1.10 bits per heavy atom. The van der Waals surface area contributed by atoms with Crippen molar-refractivity contribution in [1.29, 1.82) is 0 Å². The number of fused-ring (bicyclic) bond motifs is 1. The smallest absolute Gasteiger partial charge is 0.0100 e. The summed E-state index contributed by atoms with van der Waals surface area (Å²) in [4.78, 5) is 0. The van der Waals surface area contributed by atoms with E-state index in [2.05, 4.69) is 386 Å². The Balaban J connectivity index is 0.000000215. The van der Waals surface area contributed by atoms with Gasteiger partial charge in [-0.2, -0.15) is 0 Å². The molecule has 542 valence electrons. The number of rotatable bonds is 20. The monoisotopic (exact) mass is 1360 g/mol. The van der Waals surface area contributed by atoms with Crippen LogP contribution in [0.4, 0.5) is 0 Å². The van der Waals surface area contributed by atoms with Crippen molar-refractivity contribution in [1.82, 2.24) is 0 Å². The molecule has 1 fully saturated rings. The van der Waals surface area contributed by atoms with Crippen LogP contribution < -0.4 is 0 Å². The molecule has 0 heteroatoms. The Hall–Kier alpha value is -8.06. The fraction of sp³-hybridized carbons (Fsp3) is 0.392. The molecule has 0 aliphatic heterocycles. The number of allylic oxidation sites excluding steroid dienone is 1. The van der Waals surface area contributed by atoms with Crippen molar-refractivity contribution in [2.75, 3.05) is 0 Å². The lowest BCUT2D eigenvalue weighted by Gasteiger charge is -2.22. The van der Waals surface area contributed by atoms with E-state index in [1.54, 1.807) is 5.56 Å². The second-order valence-corrected chi connectivity index (χ2v) is 30.2. The quantitative estimate of drug-likeness (QED) is 0.0527. The van der Waals surface area contributed by atoms with Crippen molar-refractivity contribution in [3.05, 3.63) is 334 Å². The summed E-state index contributed by atoms with van der Waals surface area (Å²) in [5.74, 6) is 5.60. The van der Waals surface area contributed by atoms with Gasteiger partial charge in [0.05, 0.1) is 0 Å². The Morgan fingerprint density at radius 2 is 0.676 bits per heavy atom. The summed E-state index contributed by atoms with van der Waals surface area (Å²) in [5, 5.41) is 2.69. The average Bonchev–Trinajstić information content (AvgIpc) is 0.851. The molecule has 1 aliphatic rings. The molecule has 102 heavy (non-hydrogen) atoms. The zero-order valence-electron chi connectivity index (χ0n) is 66.9. The summed E-state index contributed by atoms with van der Waals surface area (Å²) < 4.78 is 0. The molecule has 0 aromatic heterocycles. The van der Waals surface area contributed by atoms with Gasteiger partial charge < -0.3 is 0 Å². The second-order valence-electron chi connectivity index (χ2n) is 30.2. The number of aryl methyl sites for hydroxylation is 1. The first kappa shape index (κ1) is 84.6. The standard InChI is InChI=1S/C18H20.C16H24.C16H18.C14H16.C14H22.C13H18.C11H16/c1-3-15(2)18-13-11-17(12-14-18)10-9-16-7-5-4-6-8-16;2*1-3-13(2)14-9-11-16(12-10-14)15-7-5-4-6-8-15;1-3-11(2)13-9-8-12-6-4-5-7-14(12)10-13;1-6-11(2)12-7-9-13(10-8-12)14(3,4)5;1-4-6-12-7-9-13(10-8-12)11(3)5-2;1-4-10(3)11-7-5-9(2)6-8-11/h4-15H,3H2,1-2H3;9-13,15H,3-8H2,1-2H3;4-13H,3H2,1-2H3;4-11H,3H2,1-2H3;7-11H,6H2,1-5H3;4,7-11H,1,5-6H2,2-3H3;5-8,10H,4H2,1-3H3/b10-9+;;;;;;. The summed E-state index contributed by atoms with van der Waals surface area (Å²) in [6.45, 7) is 44.2. The van der Waals surface area contributed by atoms with Crippen LogP contribution in [0, 0.1) is 6.92 Å². The van der Waals surface area contributed by atoms with E-state index in [4.69, 9.17) is 0 Å². The van der Waals surface area contributed by atoms with E-state index in [1.165, 1.54) is 166 Å². The third-order valence-corrected chi connectivity index (χ3v) is 21.5. The van der Waals surface area contributed by atoms with Crippen molar-refractivity contribution in [3.8, 4) is 11.1 Å². The van der Waals surface area contributed by atoms with Gasteiger partial charge in [-0.05, 0) is 213 Å². The lowest BCUT2D eigenvalue weighted by molar-refractivity contribution is 0.443.